The molecule has 0 heterocycles. The van der Waals surface area contributed by atoms with E-state index in [4.69, 9.17) is 4.74 Å². The van der Waals surface area contributed by atoms with Crippen LogP contribution in [0.5, 0.6) is 0 Å². The van der Waals surface area contributed by atoms with E-state index in [1.54, 1.807) is 0 Å². The van der Waals surface area contributed by atoms with E-state index in [0.717, 1.165) is 48.9 Å². The highest BCUT2D eigenvalue weighted by Crippen LogP contribution is 2.45. The van der Waals surface area contributed by atoms with Gasteiger partial charge in [0.05, 0.1) is 0 Å². The lowest BCUT2D eigenvalue weighted by Crippen LogP contribution is -2.31. The molecule has 0 atom stereocenters. The topological polar surface area (TPSA) is 26.3 Å². The highest BCUT2D eigenvalue weighted by Gasteiger charge is 2.35. The predicted octanol–water partition coefficient (Wildman–Crippen LogP) is 8.08. The SMILES string of the molecule is CCCCCCC(=O)OC1CCC(C2CCC(C3CCC(CC)CC3)CC2)CC1. The van der Waals surface area contributed by atoms with Crippen LogP contribution in [0.25, 0.3) is 0 Å². The zero-order valence-corrected chi connectivity index (χ0v) is 19.5. The normalized spacial score (nSPS) is 35.9. The Morgan fingerprint density at radius 2 is 1.14 bits per heavy atom. The van der Waals surface area contributed by atoms with Gasteiger partial charge in [-0.1, -0.05) is 52.4 Å². The molecule has 2 nitrogen and oxygen atoms in total. The fourth-order valence-corrected chi connectivity index (χ4v) is 6.77. The van der Waals surface area contributed by atoms with Crippen LogP contribution in [0.1, 0.15) is 129 Å². The van der Waals surface area contributed by atoms with Gasteiger partial charge in [-0.3, -0.25) is 4.79 Å². The fourth-order valence-electron chi connectivity index (χ4n) is 6.77. The van der Waals surface area contributed by atoms with Gasteiger partial charge < -0.3 is 4.74 Å². The van der Waals surface area contributed by atoms with E-state index < -0.39 is 0 Å². The minimum Gasteiger partial charge on any atom is -0.462 e. The van der Waals surface area contributed by atoms with Gasteiger partial charge in [0.15, 0.2) is 0 Å². The summed E-state index contributed by atoms with van der Waals surface area (Å²) in [5, 5.41) is 0. The van der Waals surface area contributed by atoms with Crippen LogP contribution in [0.15, 0.2) is 0 Å². The standard InChI is InChI=1S/C27H48O2/c1-3-5-6-7-8-27(28)29-26-19-17-25(18-20-26)24-15-13-23(14-16-24)22-11-9-21(4-2)10-12-22/h21-26H,3-20H2,1-2H3. The number of unbranched alkanes of at least 4 members (excludes halogenated alkanes) is 3. The van der Waals surface area contributed by atoms with Gasteiger partial charge in [0.25, 0.3) is 0 Å². The minimum atomic E-state index is 0.0582. The Labute approximate surface area is 180 Å². The second-order valence-electron chi connectivity index (χ2n) is 10.7. The molecule has 3 aliphatic carbocycles. The average Bonchev–Trinajstić information content (AvgIpc) is 2.77. The van der Waals surface area contributed by atoms with E-state index >= 15 is 0 Å². The number of hydrogen-bond acceptors (Lipinski definition) is 2. The molecule has 0 bridgehead atoms. The Kier molecular flexibility index (Phi) is 9.86. The zero-order valence-electron chi connectivity index (χ0n) is 19.5. The van der Waals surface area contributed by atoms with Crippen molar-refractivity contribution >= 4 is 5.97 Å². The van der Waals surface area contributed by atoms with Crippen LogP contribution in [-0.4, -0.2) is 12.1 Å². The molecule has 0 aromatic heterocycles. The predicted molar refractivity (Wildman–Crippen MR) is 122 cm³/mol. The number of esters is 1. The Balaban J connectivity index is 1.29. The highest BCUT2D eigenvalue weighted by atomic mass is 16.5. The lowest BCUT2D eigenvalue weighted by molar-refractivity contribution is -0.151. The average molecular weight is 405 g/mol. The molecule has 0 N–H and O–H groups in total. The first kappa shape index (κ1) is 23.1. The summed E-state index contributed by atoms with van der Waals surface area (Å²) in [5.74, 6) is 5.04. The maximum absolute atomic E-state index is 12.1. The number of carbonyl (C=O) groups is 1. The monoisotopic (exact) mass is 404 g/mol. The van der Waals surface area contributed by atoms with Gasteiger partial charge in [0.1, 0.15) is 6.10 Å². The van der Waals surface area contributed by atoms with Crippen LogP contribution in [0.4, 0.5) is 0 Å². The fraction of sp³-hybridized carbons (Fsp3) is 0.963. The van der Waals surface area contributed by atoms with Crippen molar-refractivity contribution < 1.29 is 9.53 Å². The van der Waals surface area contributed by atoms with E-state index in [1.165, 1.54) is 89.9 Å². The van der Waals surface area contributed by atoms with Crippen molar-refractivity contribution in [2.24, 2.45) is 29.6 Å². The first-order valence-corrected chi connectivity index (χ1v) is 13.4. The van der Waals surface area contributed by atoms with Gasteiger partial charge in [-0.25, -0.2) is 0 Å². The molecule has 29 heavy (non-hydrogen) atoms. The van der Waals surface area contributed by atoms with Crippen molar-refractivity contribution in [3.63, 3.8) is 0 Å². The maximum atomic E-state index is 12.1. The third kappa shape index (κ3) is 7.28. The second-order valence-corrected chi connectivity index (χ2v) is 10.7. The first-order chi connectivity index (χ1) is 14.2. The van der Waals surface area contributed by atoms with E-state index in [2.05, 4.69) is 13.8 Å². The van der Waals surface area contributed by atoms with Crippen LogP contribution in [0.2, 0.25) is 0 Å². The molecule has 0 spiro atoms. The molecule has 0 aromatic carbocycles. The van der Waals surface area contributed by atoms with E-state index in [-0.39, 0.29) is 12.1 Å². The molecule has 0 saturated heterocycles. The molecule has 0 unspecified atom stereocenters. The van der Waals surface area contributed by atoms with Gasteiger partial charge in [0, 0.05) is 6.42 Å². The summed E-state index contributed by atoms with van der Waals surface area (Å²) < 4.78 is 5.78. The summed E-state index contributed by atoms with van der Waals surface area (Å²) in [6.45, 7) is 4.58. The molecule has 3 fully saturated rings. The van der Waals surface area contributed by atoms with Crippen molar-refractivity contribution in [3.05, 3.63) is 0 Å². The first-order valence-electron chi connectivity index (χ1n) is 13.4. The Morgan fingerprint density at radius 3 is 1.62 bits per heavy atom. The largest absolute Gasteiger partial charge is 0.462 e. The molecule has 0 aliphatic heterocycles. The van der Waals surface area contributed by atoms with Crippen molar-refractivity contribution in [2.75, 3.05) is 0 Å². The van der Waals surface area contributed by atoms with Crippen LogP contribution >= 0.6 is 0 Å². The summed E-state index contributed by atoms with van der Waals surface area (Å²) in [7, 11) is 0. The van der Waals surface area contributed by atoms with Crippen molar-refractivity contribution in [3.8, 4) is 0 Å². The highest BCUT2D eigenvalue weighted by molar-refractivity contribution is 5.69. The lowest BCUT2D eigenvalue weighted by atomic mass is 9.65. The molecule has 2 heteroatoms. The zero-order chi connectivity index (χ0) is 20.5. The lowest BCUT2D eigenvalue weighted by Gasteiger charge is -2.41. The molecule has 3 aliphatic rings. The summed E-state index contributed by atoms with van der Waals surface area (Å²) >= 11 is 0. The van der Waals surface area contributed by atoms with Crippen molar-refractivity contribution in [1.82, 2.24) is 0 Å². The Morgan fingerprint density at radius 1 is 0.655 bits per heavy atom. The summed E-state index contributed by atoms with van der Waals surface area (Å²) in [5.41, 5.74) is 0. The van der Waals surface area contributed by atoms with Gasteiger partial charge >= 0.3 is 5.97 Å². The van der Waals surface area contributed by atoms with Gasteiger partial charge in [-0.15, -0.1) is 0 Å². The number of rotatable bonds is 9. The molecule has 0 amide bonds. The number of ether oxygens (including phenoxy) is 1. The number of hydrogen-bond donors (Lipinski definition) is 0. The Hall–Kier alpha value is -0.530. The molecule has 168 valence electrons. The van der Waals surface area contributed by atoms with Gasteiger partial charge in [-0.05, 0) is 100 Å². The Bertz CT molecular complexity index is 449. The van der Waals surface area contributed by atoms with E-state index in [9.17, 15) is 4.79 Å². The smallest absolute Gasteiger partial charge is 0.306 e. The van der Waals surface area contributed by atoms with Crippen molar-refractivity contribution in [1.29, 1.82) is 0 Å². The van der Waals surface area contributed by atoms with Gasteiger partial charge in [0.2, 0.25) is 0 Å². The quantitative estimate of drug-likeness (QED) is 0.287. The second kappa shape index (κ2) is 12.4. The van der Waals surface area contributed by atoms with Crippen molar-refractivity contribution in [2.45, 2.75) is 136 Å². The van der Waals surface area contributed by atoms with Gasteiger partial charge in [-0.2, -0.15) is 0 Å². The summed E-state index contributed by atoms with van der Waals surface area (Å²) in [6, 6.07) is 0. The van der Waals surface area contributed by atoms with Crippen LogP contribution in [0, 0.1) is 29.6 Å². The minimum absolute atomic E-state index is 0.0582. The number of carbonyl (C=O) groups excluding carboxylic acids is 1. The molecule has 3 rings (SSSR count). The molecule has 0 radical (unpaired) electrons. The molecule has 3 saturated carbocycles. The van der Waals surface area contributed by atoms with E-state index in [0.29, 0.717) is 6.42 Å². The third-order valence-corrected chi connectivity index (χ3v) is 8.87. The summed E-state index contributed by atoms with van der Waals surface area (Å²) in [4.78, 5) is 12.1. The molecular formula is C27H48O2. The molecule has 0 aromatic rings. The van der Waals surface area contributed by atoms with Crippen LogP contribution in [0.3, 0.4) is 0 Å². The molecular weight excluding hydrogens is 356 g/mol. The summed E-state index contributed by atoms with van der Waals surface area (Å²) in [6.07, 6.45) is 23.7. The van der Waals surface area contributed by atoms with E-state index in [1.807, 2.05) is 0 Å². The van der Waals surface area contributed by atoms with Crippen LogP contribution < -0.4 is 0 Å². The van der Waals surface area contributed by atoms with Crippen LogP contribution in [-0.2, 0) is 9.53 Å². The third-order valence-electron chi connectivity index (χ3n) is 8.87. The maximum Gasteiger partial charge on any atom is 0.306 e.